The molecule has 1 amide bonds. The van der Waals surface area contributed by atoms with E-state index in [-0.39, 0.29) is 23.3 Å². The maximum Gasteiger partial charge on any atom is 0.243 e. The van der Waals surface area contributed by atoms with Crippen molar-refractivity contribution in [2.45, 2.75) is 24.7 Å². The molecule has 0 aliphatic carbocycles. The minimum atomic E-state index is -3.57. The van der Waals surface area contributed by atoms with Gasteiger partial charge in [-0.05, 0) is 65.5 Å². The Kier molecular flexibility index (Phi) is 5.79. The van der Waals surface area contributed by atoms with E-state index < -0.39 is 10.0 Å². The summed E-state index contributed by atoms with van der Waals surface area (Å²) < 4.78 is 27.8. The Bertz CT molecular complexity index is 900. The lowest BCUT2D eigenvalue weighted by Gasteiger charge is -2.31. The molecule has 0 aromatic heterocycles. The van der Waals surface area contributed by atoms with Crippen LogP contribution < -0.4 is 5.32 Å². The van der Waals surface area contributed by atoms with Gasteiger partial charge in [0.05, 0.1) is 16.5 Å². The minimum absolute atomic E-state index is 0.150. The van der Waals surface area contributed by atoms with Crippen molar-refractivity contribution in [2.75, 3.05) is 18.4 Å². The summed E-state index contributed by atoms with van der Waals surface area (Å²) in [6.07, 6.45) is 1.34. The van der Waals surface area contributed by atoms with Crippen LogP contribution in [0, 0.1) is 12.8 Å². The number of sulfonamides is 1. The summed E-state index contributed by atoms with van der Waals surface area (Å²) in [6.45, 7) is 2.62. The van der Waals surface area contributed by atoms with Crippen molar-refractivity contribution in [3.05, 3.63) is 58.6 Å². The van der Waals surface area contributed by atoms with Gasteiger partial charge in [0.2, 0.25) is 15.9 Å². The van der Waals surface area contributed by atoms with E-state index in [2.05, 4.69) is 21.2 Å². The summed E-state index contributed by atoms with van der Waals surface area (Å²) in [4.78, 5) is 12.9. The second kappa shape index (κ2) is 7.90. The number of nitrogens with zero attached hydrogens (tertiary/aromatic N) is 1. The Morgan fingerprint density at radius 3 is 2.62 bits per heavy atom. The first-order valence-corrected chi connectivity index (χ1v) is 10.7. The summed E-state index contributed by atoms with van der Waals surface area (Å²) in [6, 6.07) is 14.1. The normalized spacial score (nSPS) is 18.5. The lowest BCUT2D eigenvalue weighted by molar-refractivity contribution is -0.120. The van der Waals surface area contributed by atoms with Gasteiger partial charge in [-0.25, -0.2) is 8.42 Å². The SMILES string of the molecule is Cc1ccc(NC(=O)C2CCCN(S(=O)(=O)c3ccccc3)C2)c(Br)c1. The topological polar surface area (TPSA) is 66.5 Å². The van der Waals surface area contributed by atoms with Crippen molar-refractivity contribution in [3.8, 4) is 0 Å². The van der Waals surface area contributed by atoms with Gasteiger partial charge < -0.3 is 5.32 Å². The van der Waals surface area contributed by atoms with Crippen LogP contribution in [0.25, 0.3) is 0 Å². The highest BCUT2D eigenvalue weighted by Crippen LogP contribution is 2.27. The molecule has 1 N–H and O–H groups in total. The number of piperidine rings is 1. The van der Waals surface area contributed by atoms with Gasteiger partial charge in [-0.15, -0.1) is 0 Å². The maximum atomic E-state index is 12.8. The Morgan fingerprint density at radius 2 is 1.92 bits per heavy atom. The molecule has 7 heteroatoms. The molecule has 0 saturated carbocycles. The molecule has 3 rings (SSSR count). The number of nitrogens with one attached hydrogen (secondary N) is 1. The number of carbonyl (C=O) groups excluding carboxylic acids is 1. The van der Waals surface area contributed by atoms with Crippen LogP contribution >= 0.6 is 15.9 Å². The van der Waals surface area contributed by atoms with Crippen LogP contribution in [0.5, 0.6) is 0 Å². The largest absolute Gasteiger partial charge is 0.325 e. The van der Waals surface area contributed by atoms with Crippen molar-refractivity contribution in [1.82, 2.24) is 4.31 Å². The number of benzene rings is 2. The van der Waals surface area contributed by atoms with E-state index in [1.54, 1.807) is 30.3 Å². The zero-order valence-corrected chi connectivity index (χ0v) is 16.9. The van der Waals surface area contributed by atoms with Gasteiger partial charge in [-0.3, -0.25) is 4.79 Å². The fourth-order valence-corrected chi connectivity index (χ4v) is 5.21. The summed E-state index contributed by atoms with van der Waals surface area (Å²) in [5.74, 6) is -0.516. The number of rotatable bonds is 4. The van der Waals surface area contributed by atoms with Gasteiger partial charge in [0.15, 0.2) is 0 Å². The van der Waals surface area contributed by atoms with Gasteiger partial charge in [0, 0.05) is 17.6 Å². The molecule has 1 unspecified atom stereocenters. The summed E-state index contributed by atoms with van der Waals surface area (Å²) in [5, 5.41) is 2.91. The second-order valence-corrected chi connectivity index (χ2v) is 9.28. The summed E-state index contributed by atoms with van der Waals surface area (Å²) >= 11 is 3.45. The Balaban J connectivity index is 1.73. The van der Waals surface area contributed by atoms with Crippen molar-refractivity contribution in [3.63, 3.8) is 0 Å². The number of anilines is 1. The monoisotopic (exact) mass is 436 g/mol. The lowest BCUT2D eigenvalue weighted by Crippen LogP contribution is -2.43. The number of aryl methyl sites for hydroxylation is 1. The van der Waals surface area contributed by atoms with E-state index in [0.717, 1.165) is 10.0 Å². The highest BCUT2D eigenvalue weighted by Gasteiger charge is 2.33. The molecular weight excluding hydrogens is 416 g/mol. The van der Waals surface area contributed by atoms with Crippen LogP contribution in [-0.4, -0.2) is 31.7 Å². The molecule has 1 fully saturated rings. The van der Waals surface area contributed by atoms with Crippen LogP contribution in [0.4, 0.5) is 5.69 Å². The third-order valence-electron chi connectivity index (χ3n) is 4.52. The van der Waals surface area contributed by atoms with Crippen LogP contribution in [0.1, 0.15) is 18.4 Å². The molecule has 1 aliphatic rings. The zero-order valence-electron chi connectivity index (χ0n) is 14.5. The summed E-state index contributed by atoms with van der Waals surface area (Å²) in [7, 11) is -3.57. The predicted octanol–water partition coefficient (Wildman–Crippen LogP) is 3.80. The molecule has 1 saturated heterocycles. The fraction of sp³-hybridized carbons (Fsp3) is 0.316. The average Bonchev–Trinajstić information content (AvgIpc) is 2.65. The van der Waals surface area contributed by atoms with E-state index in [1.165, 1.54) is 4.31 Å². The summed E-state index contributed by atoms with van der Waals surface area (Å²) in [5.41, 5.74) is 1.79. The van der Waals surface area contributed by atoms with E-state index in [4.69, 9.17) is 0 Å². The first-order valence-electron chi connectivity index (χ1n) is 8.50. The molecule has 2 aromatic rings. The highest BCUT2D eigenvalue weighted by molar-refractivity contribution is 9.10. The van der Waals surface area contributed by atoms with Gasteiger partial charge >= 0.3 is 0 Å². The van der Waals surface area contributed by atoms with Crippen LogP contribution in [0.15, 0.2) is 57.9 Å². The van der Waals surface area contributed by atoms with Crippen molar-refractivity contribution >= 4 is 37.5 Å². The zero-order chi connectivity index (χ0) is 18.7. The molecule has 138 valence electrons. The van der Waals surface area contributed by atoms with Gasteiger partial charge in [-0.2, -0.15) is 4.31 Å². The van der Waals surface area contributed by atoms with Crippen LogP contribution in [0.3, 0.4) is 0 Å². The number of amides is 1. The number of hydrogen-bond donors (Lipinski definition) is 1. The van der Waals surface area contributed by atoms with Crippen LogP contribution in [0.2, 0.25) is 0 Å². The third kappa shape index (κ3) is 4.16. The molecule has 0 bridgehead atoms. The molecular formula is C19H21BrN2O3S. The molecule has 2 aromatic carbocycles. The number of carbonyl (C=O) groups is 1. The second-order valence-electron chi connectivity index (χ2n) is 6.49. The first kappa shape index (κ1) is 19.1. The lowest BCUT2D eigenvalue weighted by atomic mass is 9.98. The van der Waals surface area contributed by atoms with E-state index in [1.807, 2.05) is 25.1 Å². The van der Waals surface area contributed by atoms with E-state index >= 15 is 0 Å². The standard InChI is InChI=1S/C19H21BrN2O3S/c1-14-9-10-18(17(20)12-14)21-19(23)15-6-5-11-22(13-15)26(24,25)16-7-3-2-4-8-16/h2-4,7-10,12,15H,5-6,11,13H2,1H3,(H,21,23). The predicted molar refractivity (Wildman–Crippen MR) is 105 cm³/mol. The molecule has 5 nitrogen and oxygen atoms in total. The maximum absolute atomic E-state index is 12.8. The van der Waals surface area contributed by atoms with Crippen LogP contribution in [-0.2, 0) is 14.8 Å². The molecule has 0 radical (unpaired) electrons. The third-order valence-corrected chi connectivity index (χ3v) is 7.05. The Hall–Kier alpha value is -1.70. The average molecular weight is 437 g/mol. The molecule has 1 heterocycles. The Labute approximate surface area is 162 Å². The van der Waals surface area contributed by atoms with Crippen molar-refractivity contribution in [1.29, 1.82) is 0 Å². The smallest absolute Gasteiger partial charge is 0.243 e. The molecule has 1 atom stereocenters. The molecule has 0 spiro atoms. The van der Waals surface area contributed by atoms with Crippen molar-refractivity contribution < 1.29 is 13.2 Å². The van der Waals surface area contributed by atoms with E-state index in [0.29, 0.717) is 25.1 Å². The fourth-order valence-electron chi connectivity index (χ4n) is 3.07. The van der Waals surface area contributed by atoms with Gasteiger partial charge in [0.25, 0.3) is 0 Å². The first-order chi connectivity index (χ1) is 12.4. The molecule has 1 aliphatic heterocycles. The molecule has 26 heavy (non-hydrogen) atoms. The number of hydrogen-bond acceptors (Lipinski definition) is 3. The highest BCUT2D eigenvalue weighted by atomic mass is 79.9. The number of halogens is 1. The minimum Gasteiger partial charge on any atom is -0.325 e. The van der Waals surface area contributed by atoms with Gasteiger partial charge in [0.1, 0.15) is 0 Å². The van der Waals surface area contributed by atoms with Crippen molar-refractivity contribution in [2.24, 2.45) is 5.92 Å². The van der Waals surface area contributed by atoms with E-state index in [9.17, 15) is 13.2 Å². The Morgan fingerprint density at radius 1 is 1.19 bits per heavy atom. The van der Waals surface area contributed by atoms with Gasteiger partial charge in [-0.1, -0.05) is 24.3 Å². The quantitative estimate of drug-likeness (QED) is 0.792.